The first kappa shape index (κ1) is 20.4. The lowest BCUT2D eigenvalue weighted by molar-refractivity contribution is 0.0179. The summed E-state index contributed by atoms with van der Waals surface area (Å²) in [7, 11) is -3.29. The minimum absolute atomic E-state index is 0.277. The second kappa shape index (κ2) is 6.98. The number of carbonyl (C=O) groups excluding carboxylic acids is 1. The van der Waals surface area contributed by atoms with E-state index in [2.05, 4.69) is 23.5 Å². The summed E-state index contributed by atoms with van der Waals surface area (Å²) in [4.78, 5) is 16.3. The number of sulfonamides is 1. The van der Waals surface area contributed by atoms with E-state index in [1.165, 1.54) is 0 Å². The Bertz CT molecular complexity index is 752. The third kappa shape index (κ3) is 5.52. The zero-order valence-corrected chi connectivity index (χ0v) is 17.2. The summed E-state index contributed by atoms with van der Waals surface area (Å²) in [5, 5.41) is 0. The molecule has 1 aromatic carbocycles. The van der Waals surface area contributed by atoms with Crippen molar-refractivity contribution < 1.29 is 17.9 Å². The van der Waals surface area contributed by atoms with Crippen LogP contribution < -0.4 is 9.62 Å². The summed E-state index contributed by atoms with van der Waals surface area (Å²) in [5.41, 5.74) is 0.723. The minimum atomic E-state index is -3.29. The summed E-state index contributed by atoms with van der Waals surface area (Å²) in [5.74, 6) is 0. The van der Waals surface area contributed by atoms with Gasteiger partial charge in [-0.05, 0) is 58.9 Å². The SMILES string of the molecule is CC(C)(C)OC(=O)N1CCN(c2ccc(NS(C)(=O)=O)cc2)C(C)(C)C1. The van der Waals surface area contributed by atoms with Gasteiger partial charge in [0, 0.05) is 31.0 Å². The fraction of sp³-hybridized carbons (Fsp3) is 0.611. The molecule has 26 heavy (non-hydrogen) atoms. The Morgan fingerprint density at radius 1 is 1.15 bits per heavy atom. The smallest absolute Gasteiger partial charge is 0.410 e. The lowest BCUT2D eigenvalue weighted by atomic mass is 9.98. The van der Waals surface area contributed by atoms with Crippen molar-refractivity contribution in [2.24, 2.45) is 0 Å². The van der Waals surface area contributed by atoms with Crippen LogP contribution in [-0.4, -0.2) is 56.4 Å². The highest BCUT2D eigenvalue weighted by molar-refractivity contribution is 7.92. The van der Waals surface area contributed by atoms with Gasteiger partial charge < -0.3 is 14.5 Å². The van der Waals surface area contributed by atoms with E-state index in [0.29, 0.717) is 25.3 Å². The lowest BCUT2D eigenvalue weighted by Gasteiger charge is -2.48. The van der Waals surface area contributed by atoms with Gasteiger partial charge in [-0.15, -0.1) is 0 Å². The maximum atomic E-state index is 12.3. The number of anilines is 2. The molecule has 1 aliphatic rings. The van der Waals surface area contributed by atoms with Crippen molar-refractivity contribution in [1.29, 1.82) is 0 Å². The van der Waals surface area contributed by atoms with E-state index in [1.807, 2.05) is 32.9 Å². The Labute approximate surface area is 156 Å². The van der Waals surface area contributed by atoms with Crippen molar-refractivity contribution in [3.05, 3.63) is 24.3 Å². The number of hydrogen-bond donors (Lipinski definition) is 1. The molecule has 1 N–H and O–H groups in total. The van der Waals surface area contributed by atoms with Gasteiger partial charge in [0.2, 0.25) is 10.0 Å². The molecule has 146 valence electrons. The fourth-order valence-electron chi connectivity index (χ4n) is 3.04. The number of rotatable bonds is 3. The Morgan fingerprint density at radius 3 is 2.19 bits per heavy atom. The van der Waals surface area contributed by atoms with Crippen molar-refractivity contribution in [1.82, 2.24) is 4.90 Å². The van der Waals surface area contributed by atoms with Gasteiger partial charge in [-0.3, -0.25) is 4.72 Å². The molecule has 0 bridgehead atoms. The molecular weight excluding hydrogens is 354 g/mol. The van der Waals surface area contributed by atoms with Gasteiger partial charge in [-0.25, -0.2) is 13.2 Å². The van der Waals surface area contributed by atoms with Crippen molar-refractivity contribution in [2.75, 3.05) is 35.5 Å². The van der Waals surface area contributed by atoms with Gasteiger partial charge in [0.05, 0.1) is 11.8 Å². The molecular formula is C18H29N3O4S. The maximum Gasteiger partial charge on any atom is 0.410 e. The molecule has 0 aromatic heterocycles. The van der Waals surface area contributed by atoms with E-state index in [0.717, 1.165) is 11.9 Å². The Balaban J connectivity index is 2.09. The second-order valence-electron chi connectivity index (χ2n) is 8.29. The first-order chi connectivity index (χ1) is 11.8. The fourth-order valence-corrected chi connectivity index (χ4v) is 3.60. The van der Waals surface area contributed by atoms with E-state index in [1.54, 1.807) is 17.0 Å². The zero-order chi connectivity index (χ0) is 19.8. The van der Waals surface area contributed by atoms with Crippen molar-refractivity contribution >= 4 is 27.5 Å². The number of nitrogens with zero attached hydrogens (tertiary/aromatic N) is 2. The third-order valence-corrected chi connectivity index (χ3v) is 4.64. The Hall–Kier alpha value is -1.96. The normalized spacial score (nSPS) is 17.8. The van der Waals surface area contributed by atoms with E-state index in [-0.39, 0.29) is 11.6 Å². The predicted octanol–water partition coefficient (Wildman–Crippen LogP) is 2.89. The van der Waals surface area contributed by atoms with Gasteiger partial charge in [0.1, 0.15) is 5.60 Å². The predicted molar refractivity (Wildman–Crippen MR) is 104 cm³/mol. The summed E-state index contributed by atoms with van der Waals surface area (Å²) < 4.78 is 30.6. The summed E-state index contributed by atoms with van der Waals surface area (Å²) >= 11 is 0. The first-order valence-corrected chi connectivity index (χ1v) is 10.5. The summed E-state index contributed by atoms with van der Waals surface area (Å²) in [6.45, 7) is 11.5. The number of amides is 1. The van der Waals surface area contributed by atoms with Crippen molar-refractivity contribution in [3.63, 3.8) is 0 Å². The van der Waals surface area contributed by atoms with Crippen LogP contribution >= 0.6 is 0 Å². The highest BCUT2D eigenvalue weighted by atomic mass is 32.2. The van der Waals surface area contributed by atoms with Crippen LogP contribution in [0.25, 0.3) is 0 Å². The molecule has 0 unspecified atom stereocenters. The molecule has 8 heteroatoms. The van der Waals surface area contributed by atoms with E-state index in [4.69, 9.17) is 4.74 Å². The van der Waals surface area contributed by atoms with Crippen LogP contribution in [0.3, 0.4) is 0 Å². The standard InChI is InChI=1S/C18H29N3O4S/c1-17(2,3)25-16(22)20-11-12-21(18(4,5)13-20)15-9-7-14(8-10-15)19-26(6,23)24/h7-10,19H,11-13H2,1-6H3. The van der Waals surface area contributed by atoms with Gasteiger partial charge in [-0.2, -0.15) is 0 Å². The number of hydrogen-bond acceptors (Lipinski definition) is 5. The molecule has 1 aliphatic heterocycles. The van der Waals surface area contributed by atoms with Crippen LogP contribution in [-0.2, 0) is 14.8 Å². The van der Waals surface area contributed by atoms with E-state index >= 15 is 0 Å². The minimum Gasteiger partial charge on any atom is -0.444 e. The average molecular weight is 384 g/mol. The monoisotopic (exact) mass is 383 g/mol. The molecule has 1 saturated heterocycles. The summed E-state index contributed by atoms with van der Waals surface area (Å²) in [6.07, 6.45) is 0.831. The number of benzene rings is 1. The molecule has 1 amide bonds. The number of nitrogens with one attached hydrogen (secondary N) is 1. The number of carbonyl (C=O) groups is 1. The zero-order valence-electron chi connectivity index (χ0n) is 16.4. The van der Waals surface area contributed by atoms with Crippen LogP contribution in [0, 0.1) is 0 Å². The third-order valence-electron chi connectivity index (χ3n) is 4.04. The molecule has 7 nitrogen and oxygen atoms in total. The van der Waals surface area contributed by atoms with Gasteiger partial charge in [0.25, 0.3) is 0 Å². The first-order valence-electron chi connectivity index (χ1n) is 8.60. The molecule has 0 radical (unpaired) electrons. The number of piperazine rings is 1. The number of ether oxygens (including phenoxy) is 1. The molecule has 0 aliphatic carbocycles. The molecule has 2 rings (SSSR count). The highest BCUT2D eigenvalue weighted by Crippen LogP contribution is 2.29. The Morgan fingerprint density at radius 2 is 1.73 bits per heavy atom. The van der Waals surface area contributed by atoms with Crippen molar-refractivity contribution in [2.45, 2.75) is 45.8 Å². The van der Waals surface area contributed by atoms with E-state index in [9.17, 15) is 13.2 Å². The maximum absolute atomic E-state index is 12.3. The van der Waals surface area contributed by atoms with Gasteiger partial charge >= 0.3 is 6.09 Å². The van der Waals surface area contributed by atoms with Gasteiger partial charge in [-0.1, -0.05) is 0 Å². The quantitative estimate of drug-likeness (QED) is 0.868. The lowest BCUT2D eigenvalue weighted by Crippen LogP contribution is -2.61. The average Bonchev–Trinajstić information content (AvgIpc) is 2.44. The topological polar surface area (TPSA) is 79.0 Å². The molecule has 1 aromatic rings. The Kier molecular flexibility index (Phi) is 5.46. The molecule has 1 fully saturated rings. The van der Waals surface area contributed by atoms with Crippen LogP contribution in [0.1, 0.15) is 34.6 Å². The van der Waals surface area contributed by atoms with Crippen LogP contribution in [0.4, 0.5) is 16.2 Å². The largest absolute Gasteiger partial charge is 0.444 e. The van der Waals surface area contributed by atoms with Crippen LogP contribution in [0.5, 0.6) is 0 Å². The van der Waals surface area contributed by atoms with E-state index < -0.39 is 15.6 Å². The molecule has 1 heterocycles. The van der Waals surface area contributed by atoms with Gasteiger partial charge in [0.15, 0.2) is 0 Å². The molecule has 0 atom stereocenters. The van der Waals surface area contributed by atoms with Crippen LogP contribution in [0.2, 0.25) is 0 Å². The van der Waals surface area contributed by atoms with Crippen LogP contribution in [0.15, 0.2) is 24.3 Å². The highest BCUT2D eigenvalue weighted by Gasteiger charge is 2.37. The van der Waals surface area contributed by atoms with Crippen molar-refractivity contribution in [3.8, 4) is 0 Å². The second-order valence-corrected chi connectivity index (χ2v) is 10.0. The molecule has 0 spiro atoms. The summed E-state index contributed by atoms with van der Waals surface area (Å²) in [6, 6.07) is 7.26. The molecule has 0 saturated carbocycles.